The Morgan fingerprint density at radius 3 is 2.27 bits per heavy atom. The highest BCUT2D eigenvalue weighted by atomic mass is 16.5. The predicted octanol–water partition coefficient (Wildman–Crippen LogP) is 1.06. The first-order valence-corrected chi connectivity index (χ1v) is 6.65. The maximum Gasteiger partial charge on any atom is 0.312 e. The molecule has 0 atom stereocenters. The number of hydrogen-bond donors (Lipinski definition) is 1. The van der Waals surface area contributed by atoms with Gasteiger partial charge < -0.3 is 19.5 Å². The van der Waals surface area contributed by atoms with Crippen LogP contribution in [0.5, 0.6) is 5.75 Å². The fraction of sp³-hybridized carbons (Fsp3) is 0.400. The summed E-state index contributed by atoms with van der Waals surface area (Å²) in [6, 6.07) is 7.04. The van der Waals surface area contributed by atoms with E-state index in [9.17, 15) is 14.4 Å². The van der Waals surface area contributed by atoms with Crippen LogP contribution >= 0.6 is 0 Å². The standard InChI is InChI=1S/C15H19NO6/c1-21-12-5-3-11(4-6-12)10-16(8-7-15(20)22-2)13(17)9-14(18)19/h3-6H,7-10H2,1-2H3,(H,18,19). The van der Waals surface area contributed by atoms with E-state index in [1.165, 1.54) is 12.0 Å². The Hall–Kier alpha value is -2.57. The molecule has 0 aromatic heterocycles. The molecular weight excluding hydrogens is 290 g/mol. The average Bonchev–Trinajstić information content (AvgIpc) is 2.50. The van der Waals surface area contributed by atoms with Crippen LogP contribution < -0.4 is 4.74 Å². The van der Waals surface area contributed by atoms with Gasteiger partial charge in [-0.1, -0.05) is 12.1 Å². The van der Waals surface area contributed by atoms with E-state index in [1.54, 1.807) is 31.4 Å². The van der Waals surface area contributed by atoms with Crippen molar-refractivity contribution in [1.29, 1.82) is 0 Å². The van der Waals surface area contributed by atoms with Crippen LogP contribution in [0, 0.1) is 0 Å². The van der Waals surface area contributed by atoms with E-state index in [-0.39, 0.29) is 19.5 Å². The number of carbonyl (C=O) groups excluding carboxylic acids is 2. The lowest BCUT2D eigenvalue weighted by Crippen LogP contribution is -2.34. The molecule has 7 heteroatoms. The molecule has 0 heterocycles. The first kappa shape index (κ1) is 17.5. The van der Waals surface area contributed by atoms with Crippen LogP contribution in [0.2, 0.25) is 0 Å². The van der Waals surface area contributed by atoms with Crippen molar-refractivity contribution in [3.8, 4) is 5.75 Å². The molecule has 1 aromatic carbocycles. The summed E-state index contributed by atoms with van der Waals surface area (Å²) in [6.45, 7) is 0.317. The molecule has 0 bridgehead atoms. The Labute approximate surface area is 128 Å². The zero-order valence-electron chi connectivity index (χ0n) is 12.6. The highest BCUT2D eigenvalue weighted by Gasteiger charge is 2.18. The summed E-state index contributed by atoms with van der Waals surface area (Å²) in [6.07, 6.45) is -0.602. The second-order valence-corrected chi connectivity index (χ2v) is 4.56. The first-order chi connectivity index (χ1) is 10.5. The number of rotatable bonds is 8. The van der Waals surface area contributed by atoms with Crippen LogP contribution in [0.4, 0.5) is 0 Å². The summed E-state index contributed by atoms with van der Waals surface area (Å²) in [5.74, 6) is -1.53. The molecule has 0 saturated carbocycles. The number of carboxylic acids is 1. The van der Waals surface area contributed by atoms with E-state index >= 15 is 0 Å². The van der Waals surface area contributed by atoms with E-state index in [1.807, 2.05) is 0 Å². The number of methoxy groups -OCH3 is 2. The van der Waals surface area contributed by atoms with Gasteiger partial charge in [0.25, 0.3) is 0 Å². The molecule has 1 aromatic rings. The SMILES string of the molecule is COC(=O)CCN(Cc1ccc(OC)cc1)C(=O)CC(=O)O. The highest BCUT2D eigenvalue weighted by Crippen LogP contribution is 2.14. The monoisotopic (exact) mass is 309 g/mol. The van der Waals surface area contributed by atoms with Crippen molar-refractivity contribution in [3.05, 3.63) is 29.8 Å². The third-order valence-corrected chi connectivity index (χ3v) is 3.00. The Morgan fingerprint density at radius 1 is 1.14 bits per heavy atom. The zero-order valence-corrected chi connectivity index (χ0v) is 12.6. The Kier molecular flexibility index (Phi) is 6.88. The van der Waals surface area contributed by atoms with Gasteiger partial charge in [-0.15, -0.1) is 0 Å². The summed E-state index contributed by atoms with van der Waals surface area (Å²) in [5.41, 5.74) is 0.810. The molecule has 0 aliphatic heterocycles. The molecule has 0 aliphatic carbocycles. The van der Waals surface area contributed by atoms with Gasteiger partial charge in [0, 0.05) is 13.1 Å². The molecule has 1 N–H and O–H groups in total. The zero-order chi connectivity index (χ0) is 16.5. The van der Waals surface area contributed by atoms with Crippen molar-refractivity contribution in [3.63, 3.8) is 0 Å². The van der Waals surface area contributed by atoms with Gasteiger partial charge in [0.15, 0.2) is 0 Å². The van der Waals surface area contributed by atoms with Crippen molar-refractivity contribution in [2.24, 2.45) is 0 Å². The first-order valence-electron chi connectivity index (χ1n) is 6.65. The second-order valence-electron chi connectivity index (χ2n) is 4.56. The lowest BCUT2D eigenvalue weighted by molar-refractivity contribution is -0.145. The number of benzene rings is 1. The minimum Gasteiger partial charge on any atom is -0.497 e. The summed E-state index contributed by atoms with van der Waals surface area (Å²) >= 11 is 0. The maximum absolute atomic E-state index is 12.0. The molecular formula is C15H19NO6. The largest absolute Gasteiger partial charge is 0.497 e. The average molecular weight is 309 g/mol. The van der Waals surface area contributed by atoms with E-state index < -0.39 is 24.3 Å². The molecule has 7 nitrogen and oxygen atoms in total. The third-order valence-electron chi connectivity index (χ3n) is 3.00. The molecule has 0 radical (unpaired) electrons. The molecule has 0 saturated heterocycles. The number of nitrogens with zero attached hydrogens (tertiary/aromatic N) is 1. The number of carboxylic acid groups (broad SMARTS) is 1. The number of aliphatic carboxylic acids is 1. The van der Waals surface area contributed by atoms with Crippen LogP contribution in [0.1, 0.15) is 18.4 Å². The summed E-state index contributed by atoms with van der Waals surface area (Å²) in [5, 5.41) is 8.74. The smallest absolute Gasteiger partial charge is 0.312 e. The van der Waals surface area contributed by atoms with Crippen molar-refractivity contribution in [2.75, 3.05) is 20.8 Å². The van der Waals surface area contributed by atoms with Gasteiger partial charge in [-0.05, 0) is 17.7 Å². The van der Waals surface area contributed by atoms with Crippen LogP contribution in [-0.4, -0.2) is 48.6 Å². The maximum atomic E-state index is 12.0. The number of hydrogen-bond acceptors (Lipinski definition) is 5. The van der Waals surface area contributed by atoms with Gasteiger partial charge >= 0.3 is 11.9 Å². The van der Waals surface area contributed by atoms with Gasteiger partial charge in [-0.3, -0.25) is 14.4 Å². The van der Waals surface area contributed by atoms with Gasteiger partial charge in [0.1, 0.15) is 12.2 Å². The molecule has 1 rings (SSSR count). The minimum absolute atomic E-state index is 0.0119. The Balaban J connectivity index is 2.76. The van der Waals surface area contributed by atoms with Crippen LogP contribution in [0.15, 0.2) is 24.3 Å². The Bertz CT molecular complexity index is 525. The summed E-state index contributed by atoms with van der Waals surface area (Å²) in [4.78, 5) is 35.2. The van der Waals surface area contributed by atoms with Crippen molar-refractivity contribution in [1.82, 2.24) is 4.90 Å². The van der Waals surface area contributed by atoms with Gasteiger partial charge in [0.2, 0.25) is 5.91 Å². The van der Waals surface area contributed by atoms with Crippen LogP contribution in [-0.2, 0) is 25.7 Å². The van der Waals surface area contributed by atoms with E-state index in [0.717, 1.165) is 5.56 Å². The second kappa shape index (κ2) is 8.66. The van der Waals surface area contributed by atoms with Gasteiger partial charge in [-0.2, -0.15) is 0 Å². The molecule has 0 unspecified atom stereocenters. The van der Waals surface area contributed by atoms with E-state index in [0.29, 0.717) is 5.75 Å². The lowest BCUT2D eigenvalue weighted by atomic mass is 10.2. The quantitative estimate of drug-likeness (QED) is 0.570. The number of esters is 1. The molecule has 120 valence electrons. The lowest BCUT2D eigenvalue weighted by Gasteiger charge is -2.22. The normalized spacial score (nSPS) is 9.91. The van der Waals surface area contributed by atoms with E-state index in [2.05, 4.69) is 4.74 Å². The third kappa shape index (κ3) is 5.82. The van der Waals surface area contributed by atoms with Crippen molar-refractivity contribution >= 4 is 17.8 Å². The topological polar surface area (TPSA) is 93.1 Å². The summed E-state index contributed by atoms with van der Waals surface area (Å²) < 4.78 is 9.58. The van der Waals surface area contributed by atoms with Crippen molar-refractivity contribution in [2.45, 2.75) is 19.4 Å². The number of ether oxygens (including phenoxy) is 2. The molecule has 0 spiro atoms. The van der Waals surface area contributed by atoms with Crippen LogP contribution in [0.25, 0.3) is 0 Å². The predicted molar refractivity (Wildman–Crippen MR) is 77.3 cm³/mol. The van der Waals surface area contributed by atoms with Crippen molar-refractivity contribution < 1.29 is 29.0 Å². The summed E-state index contributed by atoms with van der Waals surface area (Å²) in [7, 11) is 2.81. The van der Waals surface area contributed by atoms with Gasteiger partial charge in [-0.25, -0.2) is 0 Å². The fourth-order valence-electron chi connectivity index (χ4n) is 1.81. The molecule has 0 aliphatic rings. The molecule has 22 heavy (non-hydrogen) atoms. The minimum atomic E-state index is -1.21. The number of carbonyl (C=O) groups is 3. The highest BCUT2D eigenvalue weighted by molar-refractivity contribution is 5.93. The van der Waals surface area contributed by atoms with E-state index in [4.69, 9.17) is 9.84 Å². The number of amides is 1. The van der Waals surface area contributed by atoms with Crippen LogP contribution in [0.3, 0.4) is 0 Å². The molecule has 0 fully saturated rings. The molecule has 1 amide bonds. The Morgan fingerprint density at radius 2 is 1.77 bits per heavy atom. The fourth-order valence-corrected chi connectivity index (χ4v) is 1.81. The van der Waals surface area contributed by atoms with Gasteiger partial charge in [0.05, 0.1) is 20.6 Å².